The van der Waals surface area contributed by atoms with Crippen molar-refractivity contribution in [1.82, 2.24) is 9.62 Å². The molecule has 2 aliphatic heterocycles. The minimum atomic E-state index is -3.15. The number of sulfonamides is 1. The standard InChI is InChI=1S/C10H20N2O3S.ClH/c1-9-7-11-4-5-12(9)16(13,14)8-10-3-2-6-15-10;/h9-11H,2-8H2,1H3;1H/t9-,10?;/m0./s1. The third-order valence-electron chi connectivity index (χ3n) is 3.22. The highest BCUT2D eigenvalue weighted by Crippen LogP contribution is 2.18. The predicted octanol–water partition coefficient (Wildman–Crippen LogP) is 0.211. The van der Waals surface area contributed by atoms with Gasteiger partial charge in [0.15, 0.2) is 0 Å². The van der Waals surface area contributed by atoms with Gasteiger partial charge in [-0.1, -0.05) is 0 Å². The first kappa shape index (κ1) is 15.2. The number of hydrogen-bond acceptors (Lipinski definition) is 4. The molecular formula is C10H21ClN2O3S. The second kappa shape index (κ2) is 6.33. The summed E-state index contributed by atoms with van der Waals surface area (Å²) in [6.45, 7) is 4.71. The molecule has 1 unspecified atom stereocenters. The summed E-state index contributed by atoms with van der Waals surface area (Å²) in [5.74, 6) is 0.150. The van der Waals surface area contributed by atoms with Gasteiger partial charge in [0, 0.05) is 32.3 Å². The molecule has 0 saturated carbocycles. The Balaban J connectivity index is 0.00000144. The van der Waals surface area contributed by atoms with Gasteiger partial charge in [0.05, 0.1) is 11.9 Å². The molecule has 2 saturated heterocycles. The first-order chi connectivity index (χ1) is 7.59. The average Bonchev–Trinajstić information content (AvgIpc) is 2.70. The van der Waals surface area contributed by atoms with Crippen molar-refractivity contribution >= 4 is 22.4 Å². The Morgan fingerprint density at radius 1 is 1.47 bits per heavy atom. The molecule has 7 heteroatoms. The number of rotatable bonds is 3. The van der Waals surface area contributed by atoms with Crippen molar-refractivity contribution in [2.75, 3.05) is 32.0 Å². The van der Waals surface area contributed by atoms with E-state index in [2.05, 4.69) is 5.32 Å². The van der Waals surface area contributed by atoms with Crippen LogP contribution in [-0.4, -0.2) is 56.9 Å². The van der Waals surface area contributed by atoms with E-state index >= 15 is 0 Å². The molecule has 5 nitrogen and oxygen atoms in total. The molecular weight excluding hydrogens is 264 g/mol. The van der Waals surface area contributed by atoms with Crippen LogP contribution in [0, 0.1) is 0 Å². The van der Waals surface area contributed by atoms with E-state index in [-0.39, 0.29) is 30.3 Å². The molecule has 102 valence electrons. The lowest BCUT2D eigenvalue weighted by atomic mass is 10.3. The van der Waals surface area contributed by atoms with Crippen molar-refractivity contribution in [3.8, 4) is 0 Å². The molecule has 0 radical (unpaired) electrons. The third-order valence-corrected chi connectivity index (χ3v) is 5.27. The number of hydrogen-bond donors (Lipinski definition) is 1. The molecule has 1 N–H and O–H groups in total. The summed E-state index contributed by atoms with van der Waals surface area (Å²) in [7, 11) is -3.15. The summed E-state index contributed by atoms with van der Waals surface area (Å²) < 4.78 is 31.3. The highest BCUT2D eigenvalue weighted by molar-refractivity contribution is 7.89. The molecule has 2 rings (SSSR count). The van der Waals surface area contributed by atoms with Crippen LogP contribution in [-0.2, 0) is 14.8 Å². The van der Waals surface area contributed by atoms with Gasteiger partial charge in [-0.25, -0.2) is 8.42 Å². The van der Waals surface area contributed by atoms with Crippen LogP contribution in [0.1, 0.15) is 19.8 Å². The van der Waals surface area contributed by atoms with E-state index in [0.717, 1.165) is 25.9 Å². The molecule has 17 heavy (non-hydrogen) atoms. The van der Waals surface area contributed by atoms with E-state index in [1.165, 1.54) is 0 Å². The predicted molar refractivity (Wildman–Crippen MR) is 69.0 cm³/mol. The Hall–Kier alpha value is 0.120. The highest BCUT2D eigenvalue weighted by atomic mass is 35.5. The van der Waals surface area contributed by atoms with Gasteiger partial charge >= 0.3 is 0 Å². The normalized spacial score (nSPS) is 31.1. The molecule has 0 bridgehead atoms. The highest BCUT2D eigenvalue weighted by Gasteiger charge is 2.32. The Kier molecular flexibility index (Phi) is 5.66. The van der Waals surface area contributed by atoms with E-state index < -0.39 is 10.0 Å². The smallest absolute Gasteiger partial charge is 0.216 e. The van der Waals surface area contributed by atoms with Crippen LogP contribution < -0.4 is 5.32 Å². The summed E-state index contributed by atoms with van der Waals surface area (Å²) in [6, 6.07) is 0.0557. The molecule has 2 atom stereocenters. The van der Waals surface area contributed by atoms with Crippen molar-refractivity contribution in [3.05, 3.63) is 0 Å². The summed E-state index contributed by atoms with van der Waals surface area (Å²) in [6.07, 6.45) is 1.77. The molecule has 0 aromatic carbocycles. The van der Waals surface area contributed by atoms with E-state index in [9.17, 15) is 8.42 Å². The fourth-order valence-electron chi connectivity index (χ4n) is 2.34. The Morgan fingerprint density at radius 2 is 2.24 bits per heavy atom. The molecule has 2 heterocycles. The monoisotopic (exact) mass is 284 g/mol. The van der Waals surface area contributed by atoms with E-state index in [1.807, 2.05) is 6.92 Å². The third kappa shape index (κ3) is 3.79. The number of nitrogens with one attached hydrogen (secondary N) is 1. The van der Waals surface area contributed by atoms with Crippen molar-refractivity contribution in [1.29, 1.82) is 0 Å². The largest absolute Gasteiger partial charge is 0.377 e. The number of nitrogens with zero attached hydrogens (tertiary/aromatic N) is 1. The van der Waals surface area contributed by atoms with Crippen LogP contribution >= 0.6 is 12.4 Å². The maximum atomic E-state index is 12.2. The summed E-state index contributed by atoms with van der Waals surface area (Å²) >= 11 is 0. The summed E-state index contributed by atoms with van der Waals surface area (Å²) in [5.41, 5.74) is 0. The van der Waals surface area contributed by atoms with E-state index in [1.54, 1.807) is 4.31 Å². The number of halogens is 1. The number of ether oxygens (including phenoxy) is 1. The Morgan fingerprint density at radius 3 is 2.82 bits per heavy atom. The van der Waals surface area contributed by atoms with Crippen molar-refractivity contribution in [2.45, 2.75) is 31.9 Å². The van der Waals surface area contributed by atoms with Gasteiger partial charge in [-0.15, -0.1) is 12.4 Å². The van der Waals surface area contributed by atoms with Gasteiger partial charge in [0.1, 0.15) is 0 Å². The van der Waals surface area contributed by atoms with Gasteiger partial charge in [-0.05, 0) is 19.8 Å². The quantitative estimate of drug-likeness (QED) is 0.805. The fraction of sp³-hybridized carbons (Fsp3) is 1.00. The first-order valence-corrected chi connectivity index (χ1v) is 7.52. The van der Waals surface area contributed by atoms with Gasteiger partial charge in [0.25, 0.3) is 0 Å². The van der Waals surface area contributed by atoms with E-state index in [0.29, 0.717) is 13.2 Å². The fourth-order valence-corrected chi connectivity index (χ4v) is 4.26. The van der Waals surface area contributed by atoms with Gasteiger partial charge in [0.2, 0.25) is 10.0 Å². The maximum Gasteiger partial charge on any atom is 0.216 e. The summed E-state index contributed by atoms with van der Waals surface area (Å²) in [4.78, 5) is 0. The lowest BCUT2D eigenvalue weighted by molar-refractivity contribution is 0.125. The molecule has 2 aliphatic rings. The first-order valence-electron chi connectivity index (χ1n) is 5.91. The topological polar surface area (TPSA) is 58.6 Å². The zero-order valence-corrected chi connectivity index (χ0v) is 11.7. The zero-order valence-electron chi connectivity index (χ0n) is 10.1. The van der Waals surface area contributed by atoms with Crippen LogP contribution in [0.3, 0.4) is 0 Å². The number of piperazine rings is 1. The van der Waals surface area contributed by atoms with Crippen LogP contribution in [0.15, 0.2) is 0 Å². The minimum absolute atomic E-state index is 0. The van der Waals surface area contributed by atoms with Crippen LogP contribution in [0.4, 0.5) is 0 Å². The van der Waals surface area contributed by atoms with Gasteiger partial charge < -0.3 is 10.1 Å². The van der Waals surface area contributed by atoms with Crippen molar-refractivity contribution in [2.24, 2.45) is 0 Å². The second-order valence-electron chi connectivity index (χ2n) is 4.58. The van der Waals surface area contributed by atoms with E-state index in [4.69, 9.17) is 4.74 Å². The SMILES string of the molecule is C[C@H]1CNCCN1S(=O)(=O)CC1CCCO1.Cl. The molecule has 0 amide bonds. The van der Waals surface area contributed by atoms with Crippen LogP contribution in [0.2, 0.25) is 0 Å². The lowest BCUT2D eigenvalue weighted by Gasteiger charge is -2.33. The molecule has 0 aromatic rings. The zero-order chi connectivity index (χ0) is 11.6. The minimum Gasteiger partial charge on any atom is -0.377 e. The molecule has 2 fully saturated rings. The average molecular weight is 285 g/mol. The van der Waals surface area contributed by atoms with Gasteiger partial charge in [-0.2, -0.15) is 4.31 Å². The van der Waals surface area contributed by atoms with Crippen LogP contribution in [0.25, 0.3) is 0 Å². The van der Waals surface area contributed by atoms with Crippen molar-refractivity contribution < 1.29 is 13.2 Å². The molecule has 0 aliphatic carbocycles. The van der Waals surface area contributed by atoms with Crippen molar-refractivity contribution in [3.63, 3.8) is 0 Å². The van der Waals surface area contributed by atoms with Gasteiger partial charge in [-0.3, -0.25) is 0 Å². The molecule has 0 spiro atoms. The molecule has 0 aromatic heterocycles. The Labute approximate surface area is 109 Å². The van der Waals surface area contributed by atoms with Crippen LogP contribution in [0.5, 0.6) is 0 Å². The summed E-state index contributed by atoms with van der Waals surface area (Å²) in [5, 5.41) is 3.19. The maximum absolute atomic E-state index is 12.2. The second-order valence-corrected chi connectivity index (χ2v) is 6.54. The Bertz CT molecular complexity index is 330. The lowest BCUT2D eigenvalue weighted by Crippen LogP contribution is -2.53.